The molecule has 1 aromatic rings. The van der Waals surface area contributed by atoms with Gasteiger partial charge in [0.25, 0.3) is 0 Å². The van der Waals surface area contributed by atoms with Crippen LogP contribution in [0.4, 0.5) is 0 Å². The smallest absolute Gasteiger partial charge is 0.0492 e. The normalized spacial score (nSPS) is 28.3. The summed E-state index contributed by atoms with van der Waals surface area (Å²) in [5, 5.41) is 5.29. The van der Waals surface area contributed by atoms with Gasteiger partial charge in [-0.3, -0.25) is 9.58 Å². The van der Waals surface area contributed by atoms with E-state index in [0.717, 1.165) is 24.3 Å². The van der Waals surface area contributed by atoms with Crippen LogP contribution in [0, 0.1) is 0 Å². The van der Waals surface area contributed by atoms with Crippen molar-refractivity contribution in [2.24, 2.45) is 0 Å². The Morgan fingerprint density at radius 1 is 1.37 bits per heavy atom. The zero-order valence-electron chi connectivity index (χ0n) is 11.9. The lowest BCUT2D eigenvalue weighted by molar-refractivity contribution is 0.164. The summed E-state index contributed by atoms with van der Waals surface area (Å²) in [6.07, 6.45) is 8.84. The van der Waals surface area contributed by atoms with E-state index >= 15 is 0 Å². The Morgan fingerprint density at radius 3 is 3.16 bits per heavy atom. The van der Waals surface area contributed by atoms with Crippen molar-refractivity contribution in [2.45, 2.75) is 56.9 Å². The van der Waals surface area contributed by atoms with Crippen LogP contribution in [0.2, 0.25) is 0 Å². The first-order valence-electron chi connectivity index (χ1n) is 7.75. The fourth-order valence-electron chi connectivity index (χ4n) is 3.57. The van der Waals surface area contributed by atoms with E-state index in [1.54, 1.807) is 0 Å². The minimum Gasteiger partial charge on any atom is -0.298 e. The van der Waals surface area contributed by atoms with Crippen LogP contribution in [0.25, 0.3) is 0 Å². The summed E-state index contributed by atoms with van der Waals surface area (Å²) < 4.78 is 2.14. The van der Waals surface area contributed by atoms with Crippen molar-refractivity contribution in [1.82, 2.24) is 14.7 Å². The van der Waals surface area contributed by atoms with Gasteiger partial charge in [0, 0.05) is 55.0 Å². The maximum atomic E-state index is 4.37. The molecule has 19 heavy (non-hydrogen) atoms. The number of aryl methyl sites for hydroxylation is 1. The van der Waals surface area contributed by atoms with Crippen LogP contribution in [-0.2, 0) is 13.0 Å². The second-order valence-electron chi connectivity index (χ2n) is 5.69. The number of fused-ring (bicyclic) bond motifs is 1. The van der Waals surface area contributed by atoms with E-state index < -0.39 is 0 Å². The van der Waals surface area contributed by atoms with Gasteiger partial charge in [0.2, 0.25) is 0 Å². The highest BCUT2D eigenvalue weighted by Crippen LogP contribution is 2.35. The first-order chi connectivity index (χ1) is 9.38. The van der Waals surface area contributed by atoms with Gasteiger partial charge in [-0.05, 0) is 25.8 Å². The SMILES string of the molecule is CCn1nccc1CCN1CCS[C@@H]2CCCC[C@@H]21. The molecule has 2 fully saturated rings. The monoisotopic (exact) mass is 279 g/mol. The van der Waals surface area contributed by atoms with Crippen LogP contribution in [0.3, 0.4) is 0 Å². The maximum absolute atomic E-state index is 4.37. The average Bonchev–Trinajstić information content (AvgIpc) is 2.92. The minimum absolute atomic E-state index is 0.852. The highest BCUT2D eigenvalue weighted by molar-refractivity contribution is 8.00. The topological polar surface area (TPSA) is 21.1 Å². The van der Waals surface area contributed by atoms with Gasteiger partial charge in [-0.25, -0.2) is 0 Å². The molecule has 4 heteroatoms. The van der Waals surface area contributed by atoms with Crippen molar-refractivity contribution in [1.29, 1.82) is 0 Å². The largest absolute Gasteiger partial charge is 0.298 e. The summed E-state index contributed by atoms with van der Waals surface area (Å²) >= 11 is 2.22. The fourth-order valence-corrected chi connectivity index (χ4v) is 5.08. The van der Waals surface area contributed by atoms with Gasteiger partial charge >= 0.3 is 0 Å². The molecule has 0 N–H and O–H groups in total. The van der Waals surface area contributed by atoms with Gasteiger partial charge in [0.15, 0.2) is 0 Å². The Morgan fingerprint density at radius 2 is 2.26 bits per heavy atom. The third-order valence-corrected chi connectivity index (χ3v) is 6.00. The molecule has 0 radical (unpaired) electrons. The Kier molecular flexibility index (Phi) is 4.49. The lowest BCUT2D eigenvalue weighted by atomic mass is 9.93. The van der Waals surface area contributed by atoms with Crippen LogP contribution < -0.4 is 0 Å². The number of rotatable bonds is 4. The molecule has 0 amide bonds. The highest BCUT2D eigenvalue weighted by Gasteiger charge is 2.33. The van der Waals surface area contributed by atoms with Crippen molar-refractivity contribution in [3.63, 3.8) is 0 Å². The van der Waals surface area contributed by atoms with E-state index in [1.807, 2.05) is 6.20 Å². The molecule has 1 aliphatic carbocycles. The van der Waals surface area contributed by atoms with Crippen molar-refractivity contribution in [3.8, 4) is 0 Å². The molecule has 3 rings (SSSR count). The zero-order chi connectivity index (χ0) is 13.1. The molecule has 0 spiro atoms. The van der Waals surface area contributed by atoms with E-state index in [4.69, 9.17) is 0 Å². The average molecular weight is 279 g/mol. The van der Waals surface area contributed by atoms with E-state index in [2.05, 4.69) is 39.4 Å². The van der Waals surface area contributed by atoms with Crippen LogP contribution in [0.15, 0.2) is 12.3 Å². The molecule has 0 bridgehead atoms. The fraction of sp³-hybridized carbons (Fsp3) is 0.800. The van der Waals surface area contributed by atoms with E-state index in [0.29, 0.717) is 0 Å². The second kappa shape index (κ2) is 6.31. The molecule has 2 heterocycles. The number of hydrogen-bond acceptors (Lipinski definition) is 3. The molecular formula is C15H25N3S. The predicted molar refractivity (Wildman–Crippen MR) is 81.7 cm³/mol. The summed E-state index contributed by atoms with van der Waals surface area (Å²) in [4.78, 5) is 2.76. The van der Waals surface area contributed by atoms with Gasteiger partial charge in [0.05, 0.1) is 0 Å². The van der Waals surface area contributed by atoms with Crippen molar-refractivity contribution < 1.29 is 0 Å². The molecule has 1 saturated carbocycles. The first-order valence-corrected chi connectivity index (χ1v) is 8.79. The summed E-state index contributed by atoms with van der Waals surface area (Å²) in [6, 6.07) is 3.03. The van der Waals surface area contributed by atoms with E-state index in [-0.39, 0.29) is 0 Å². The van der Waals surface area contributed by atoms with Crippen LogP contribution in [-0.4, -0.2) is 44.8 Å². The lowest BCUT2D eigenvalue weighted by Crippen LogP contribution is -2.49. The Hall–Kier alpha value is -0.480. The highest BCUT2D eigenvalue weighted by atomic mass is 32.2. The van der Waals surface area contributed by atoms with Crippen molar-refractivity contribution >= 4 is 11.8 Å². The number of aromatic nitrogens is 2. The molecule has 3 nitrogen and oxygen atoms in total. The van der Waals surface area contributed by atoms with Crippen LogP contribution >= 0.6 is 11.8 Å². The molecule has 0 aromatic carbocycles. The van der Waals surface area contributed by atoms with Crippen LogP contribution in [0.5, 0.6) is 0 Å². The molecule has 1 aromatic heterocycles. The van der Waals surface area contributed by atoms with E-state index in [9.17, 15) is 0 Å². The first kappa shape index (κ1) is 13.5. The molecule has 2 atom stereocenters. The number of thioether (sulfide) groups is 1. The standard InChI is InChI=1S/C15H25N3S/c1-2-18-13(7-9-16-18)8-10-17-11-12-19-15-6-4-3-5-14(15)17/h7,9,14-15H,2-6,8,10-12H2,1H3/t14-,15+/m0/s1. The summed E-state index contributed by atoms with van der Waals surface area (Å²) in [6.45, 7) is 5.66. The Bertz CT molecular complexity index is 402. The van der Waals surface area contributed by atoms with Gasteiger partial charge in [-0.1, -0.05) is 12.8 Å². The van der Waals surface area contributed by atoms with Gasteiger partial charge in [0.1, 0.15) is 0 Å². The third-order valence-electron chi connectivity index (χ3n) is 4.61. The Labute approximate surface area is 120 Å². The van der Waals surface area contributed by atoms with E-state index in [1.165, 1.54) is 50.2 Å². The zero-order valence-corrected chi connectivity index (χ0v) is 12.7. The minimum atomic E-state index is 0.852. The van der Waals surface area contributed by atoms with Crippen molar-refractivity contribution in [3.05, 3.63) is 18.0 Å². The number of hydrogen-bond donors (Lipinski definition) is 0. The molecule has 106 valence electrons. The molecular weight excluding hydrogens is 254 g/mol. The summed E-state index contributed by atoms with van der Waals surface area (Å²) in [5.74, 6) is 1.33. The Balaban J connectivity index is 1.59. The summed E-state index contributed by atoms with van der Waals surface area (Å²) in [5.41, 5.74) is 1.40. The maximum Gasteiger partial charge on any atom is 0.0492 e. The third kappa shape index (κ3) is 3.00. The molecule has 1 saturated heterocycles. The predicted octanol–water partition coefficient (Wildman–Crippen LogP) is 2.81. The second-order valence-corrected chi connectivity index (χ2v) is 7.03. The van der Waals surface area contributed by atoms with Gasteiger partial charge in [-0.2, -0.15) is 16.9 Å². The molecule has 0 unspecified atom stereocenters. The lowest BCUT2D eigenvalue weighted by Gasteiger charge is -2.43. The molecule has 2 aliphatic rings. The number of nitrogens with zero attached hydrogens (tertiary/aromatic N) is 3. The summed E-state index contributed by atoms with van der Waals surface area (Å²) in [7, 11) is 0. The van der Waals surface area contributed by atoms with Gasteiger partial charge in [-0.15, -0.1) is 0 Å². The van der Waals surface area contributed by atoms with Crippen LogP contribution in [0.1, 0.15) is 38.3 Å². The quantitative estimate of drug-likeness (QED) is 0.845. The molecule has 1 aliphatic heterocycles. The van der Waals surface area contributed by atoms with Crippen molar-refractivity contribution in [2.75, 3.05) is 18.8 Å². The van der Waals surface area contributed by atoms with Gasteiger partial charge < -0.3 is 0 Å².